The van der Waals surface area contributed by atoms with E-state index in [4.69, 9.17) is 9.08 Å². The van der Waals surface area contributed by atoms with Crippen molar-refractivity contribution in [2.45, 2.75) is 102 Å². The molecule has 1 unspecified atom stereocenters. The predicted molar refractivity (Wildman–Crippen MR) is 138 cm³/mol. The van der Waals surface area contributed by atoms with Gasteiger partial charge in [0, 0.05) is 24.9 Å². The first-order valence-electron chi connectivity index (χ1n) is 12.3. The van der Waals surface area contributed by atoms with Crippen LogP contribution in [0.1, 0.15) is 72.4 Å². The normalized spacial score (nSPS) is 21.8. The van der Waals surface area contributed by atoms with Crippen molar-refractivity contribution in [1.82, 2.24) is 4.90 Å². The molecule has 1 aliphatic carbocycles. The van der Waals surface area contributed by atoms with Crippen LogP contribution < -0.4 is 5.46 Å². The molecule has 5 nitrogen and oxygen atoms in total. The second-order valence-electron chi connectivity index (χ2n) is 12.6. The summed E-state index contributed by atoms with van der Waals surface area (Å²) in [6, 6.07) is 6.31. The molecule has 1 atom stereocenters. The number of fused-ring (bicyclic) bond motifs is 2. The number of nitrogens with zero attached hydrogens (tertiary/aromatic N) is 1. The standard InChI is InChI=1S/C26H43BNO4Si/c1-23(2,3)33(8,9)31-16-15-28-18-26(17-22(28)29)14-13-19-20(26)11-10-12-21(19)27-32-25(6,7)24(4,5)30/h10-12,30H,13-18H2,1-9H3. The van der Waals surface area contributed by atoms with Gasteiger partial charge >= 0.3 is 7.48 Å². The lowest BCUT2D eigenvalue weighted by molar-refractivity contribution is -0.128. The van der Waals surface area contributed by atoms with Gasteiger partial charge in [-0.2, -0.15) is 0 Å². The van der Waals surface area contributed by atoms with Gasteiger partial charge in [-0.3, -0.25) is 4.79 Å². The van der Waals surface area contributed by atoms with E-state index in [1.807, 2.05) is 18.7 Å². The summed E-state index contributed by atoms with van der Waals surface area (Å²) < 4.78 is 12.4. The molecule has 3 rings (SSSR count). The van der Waals surface area contributed by atoms with Crippen LogP contribution in [-0.2, 0) is 25.7 Å². The van der Waals surface area contributed by atoms with E-state index in [9.17, 15) is 9.90 Å². The Morgan fingerprint density at radius 1 is 1.15 bits per heavy atom. The van der Waals surface area contributed by atoms with Crippen LogP contribution in [0.2, 0.25) is 18.1 Å². The highest BCUT2D eigenvalue weighted by Gasteiger charge is 2.48. The van der Waals surface area contributed by atoms with Crippen molar-refractivity contribution in [2.75, 3.05) is 19.7 Å². The van der Waals surface area contributed by atoms with Gasteiger partial charge in [-0.1, -0.05) is 44.4 Å². The van der Waals surface area contributed by atoms with Crippen LogP contribution in [-0.4, -0.2) is 62.6 Å². The second-order valence-corrected chi connectivity index (χ2v) is 17.4. The molecule has 1 radical (unpaired) electrons. The lowest BCUT2D eigenvalue weighted by atomic mass is 9.76. The second kappa shape index (κ2) is 8.81. The highest BCUT2D eigenvalue weighted by atomic mass is 28.4. The van der Waals surface area contributed by atoms with E-state index in [0.29, 0.717) is 19.6 Å². The van der Waals surface area contributed by atoms with Gasteiger partial charge in [-0.05, 0) is 69.8 Å². The number of benzene rings is 1. The third-order valence-electron chi connectivity index (χ3n) is 8.56. The molecule has 0 saturated carbocycles. The number of carbonyl (C=O) groups excluding carboxylic acids is 1. The Bertz CT molecular complexity index is 887. The minimum atomic E-state index is -1.82. The lowest BCUT2D eigenvalue weighted by Gasteiger charge is -2.37. The third kappa shape index (κ3) is 5.26. The maximum Gasteiger partial charge on any atom is 0.331 e. The summed E-state index contributed by atoms with van der Waals surface area (Å²) in [6.07, 6.45) is 2.49. The molecule has 1 N–H and O–H groups in total. The van der Waals surface area contributed by atoms with Crippen LogP contribution in [0.25, 0.3) is 0 Å². The minimum Gasteiger partial charge on any atom is -0.427 e. The maximum absolute atomic E-state index is 13.0. The fourth-order valence-electron chi connectivity index (χ4n) is 4.43. The van der Waals surface area contributed by atoms with Gasteiger partial charge in [0.2, 0.25) is 5.91 Å². The molecule has 1 heterocycles. The summed E-state index contributed by atoms with van der Waals surface area (Å²) in [7, 11) is -0.0269. The quantitative estimate of drug-likeness (QED) is 0.583. The molecule has 33 heavy (non-hydrogen) atoms. The van der Waals surface area contributed by atoms with E-state index in [2.05, 4.69) is 52.1 Å². The van der Waals surface area contributed by atoms with E-state index in [1.165, 1.54) is 11.1 Å². The zero-order valence-corrected chi connectivity index (χ0v) is 23.2. The topological polar surface area (TPSA) is 59.0 Å². The van der Waals surface area contributed by atoms with Crippen molar-refractivity contribution in [3.63, 3.8) is 0 Å². The van der Waals surface area contributed by atoms with Crippen molar-refractivity contribution < 1.29 is 19.0 Å². The highest BCUT2D eigenvalue weighted by molar-refractivity contribution is 6.74. The van der Waals surface area contributed by atoms with Crippen LogP contribution in [0, 0.1) is 0 Å². The van der Waals surface area contributed by atoms with Crippen molar-refractivity contribution in [3.8, 4) is 0 Å². The molecule has 2 aliphatic rings. The Kier molecular flexibility index (Phi) is 7.07. The molecule has 1 aliphatic heterocycles. The summed E-state index contributed by atoms with van der Waals surface area (Å²) in [6.45, 7) is 20.6. The first-order valence-corrected chi connectivity index (χ1v) is 15.2. The molecule has 1 aromatic rings. The largest absolute Gasteiger partial charge is 0.427 e. The zero-order valence-electron chi connectivity index (χ0n) is 22.2. The Morgan fingerprint density at radius 3 is 2.42 bits per heavy atom. The van der Waals surface area contributed by atoms with Gasteiger partial charge in [0.05, 0.1) is 17.8 Å². The van der Waals surface area contributed by atoms with Gasteiger partial charge < -0.3 is 19.1 Å². The Labute approximate surface area is 202 Å². The number of rotatable bonds is 8. The van der Waals surface area contributed by atoms with Crippen LogP contribution in [0.5, 0.6) is 0 Å². The van der Waals surface area contributed by atoms with E-state index in [0.717, 1.165) is 24.8 Å². The molecule has 1 amide bonds. The van der Waals surface area contributed by atoms with E-state index < -0.39 is 19.5 Å². The zero-order chi connectivity index (χ0) is 24.9. The number of carbonyl (C=O) groups is 1. The van der Waals surface area contributed by atoms with Crippen molar-refractivity contribution in [2.24, 2.45) is 0 Å². The van der Waals surface area contributed by atoms with Crippen LogP contribution >= 0.6 is 0 Å². The highest BCUT2D eigenvalue weighted by Crippen LogP contribution is 2.45. The third-order valence-corrected chi connectivity index (χ3v) is 13.1. The van der Waals surface area contributed by atoms with Crippen LogP contribution in [0.3, 0.4) is 0 Å². The molecule has 183 valence electrons. The number of likely N-dealkylation sites (tertiary alicyclic amines) is 1. The van der Waals surface area contributed by atoms with Crippen LogP contribution in [0.15, 0.2) is 18.2 Å². The molecule has 1 aromatic carbocycles. The maximum atomic E-state index is 13.0. The smallest absolute Gasteiger partial charge is 0.331 e. The van der Waals surface area contributed by atoms with Crippen LogP contribution in [0.4, 0.5) is 0 Å². The van der Waals surface area contributed by atoms with Crippen molar-refractivity contribution >= 4 is 27.2 Å². The fourth-order valence-corrected chi connectivity index (χ4v) is 5.47. The number of hydrogen-bond donors (Lipinski definition) is 1. The van der Waals surface area contributed by atoms with Crippen molar-refractivity contribution in [1.29, 1.82) is 0 Å². The summed E-state index contributed by atoms with van der Waals surface area (Å²) in [5, 5.41) is 10.6. The van der Waals surface area contributed by atoms with E-state index in [1.54, 1.807) is 21.3 Å². The monoisotopic (exact) mass is 472 g/mol. The Morgan fingerprint density at radius 2 is 1.82 bits per heavy atom. The first-order chi connectivity index (χ1) is 15.0. The minimum absolute atomic E-state index is 0.112. The van der Waals surface area contributed by atoms with Gasteiger partial charge in [-0.15, -0.1) is 0 Å². The number of amides is 1. The summed E-state index contributed by atoms with van der Waals surface area (Å²) in [4.78, 5) is 15.0. The molecule has 7 heteroatoms. The Hall–Kier alpha value is -1.15. The Balaban J connectivity index is 1.69. The van der Waals surface area contributed by atoms with E-state index in [-0.39, 0.29) is 16.4 Å². The molecule has 1 fully saturated rings. The molecule has 0 aromatic heterocycles. The molecule has 0 bridgehead atoms. The summed E-state index contributed by atoms with van der Waals surface area (Å²) >= 11 is 0. The number of hydrogen-bond acceptors (Lipinski definition) is 4. The van der Waals surface area contributed by atoms with Gasteiger partial charge in [0.15, 0.2) is 8.32 Å². The first kappa shape index (κ1) is 26.5. The van der Waals surface area contributed by atoms with Crippen molar-refractivity contribution in [3.05, 3.63) is 29.3 Å². The van der Waals surface area contributed by atoms with E-state index >= 15 is 0 Å². The molecule has 1 spiro atoms. The molecular formula is C26H43BNO4Si. The average molecular weight is 473 g/mol. The van der Waals surface area contributed by atoms with Gasteiger partial charge in [0.1, 0.15) is 0 Å². The number of aliphatic hydroxyl groups is 1. The average Bonchev–Trinajstić information content (AvgIpc) is 3.18. The predicted octanol–water partition coefficient (Wildman–Crippen LogP) is 3.94. The molecule has 1 saturated heterocycles. The lowest BCUT2D eigenvalue weighted by Crippen LogP contribution is -2.49. The SMILES string of the molecule is CC(C)(O)C(C)(C)O[B]c1cccc2c1CCC21CC(=O)N(CCO[Si](C)(C)C(C)(C)C)C1. The van der Waals surface area contributed by atoms with Gasteiger partial charge in [-0.25, -0.2) is 0 Å². The molecular weight excluding hydrogens is 429 g/mol. The summed E-state index contributed by atoms with van der Waals surface area (Å²) in [5.41, 5.74) is 1.81. The fraction of sp³-hybridized carbons (Fsp3) is 0.731. The van der Waals surface area contributed by atoms with Gasteiger partial charge in [0.25, 0.3) is 0 Å². The summed E-state index contributed by atoms with van der Waals surface area (Å²) in [5.74, 6) is 0.232.